The SMILES string of the molecule is CCC1C(=O)OC(CC(O)CCCCC(C)C(O)C(C)CCC(O)C(C)C(C)O[C@H]2C[C@](C)(N)[C@H](O)[C@H](C)O2)C(C)/C=C/C=C/C(O)C(C)C(O)CC(O)CC(O[C@@H]2O[C@H](CO)[C@@H](O)[C@H](O)[C@H]2O)C(C)C2CC(O)C(O)C(O)(CC(O[C@@H]3O[C@H](C)[C@@H](O[C@@H]4O[C@H](C)[C@@H](O)[C@H](O[C@H]5C[C@@H](NC(C)=O)[C@H](O)[C@@H](C)O5)[C@H]4O)[C@H](O[C@H]4C[C@@H](NC(C)=O)[C@H](O)[C@@H](C)O4)[C@H]3O[C@@H]3O[C@H](C)[C@@H](O)[C@H](O)[C@H]3O)C(C)CCC(O)CC(O)C/C=C\C1O)O2. The zero-order valence-electron chi connectivity index (χ0n) is 89.9. The Labute approximate surface area is 879 Å². The first-order valence-electron chi connectivity index (χ1n) is 54.0. The Morgan fingerprint density at radius 2 is 1.02 bits per heavy atom. The van der Waals surface area contributed by atoms with Crippen LogP contribution < -0.4 is 16.4 Å². The normalized spacial score (nSPS) is 46.8. The van der Waals surface area contributed by atoms with E-state index in [-0.39, 0.29) is 82.0 Å². The van der Waals surface area contributed by atoms with E-state index >= 15 is 0 Å². The van der Waals surface area contributed by atoms with Crippen LogP contribution in [0, 0.1) is 47.3 Å². The third kappa shape index (κ3) is 35.3. The molecular weight excluding hydrogens is 1980 g/mol. The van der Waals surface area contributed by atoms with Gasteiger partial charge in [-0.25, -0.2) is 0 Å². The van der Waals surface area contributed by atoms with E-state index in [0.29, 0.717) is 32.1 Å². The summed E-state index contributed by atoms with van der Waals surface area (Å²) >= 11 is 0. The second kappa shape index (κ2) is 58.9. The van der Waals surface area contributed by atoms with Gasteiger partial charge in [-0.2, -0.15) is 0 Å². The van der Waals surface area contributed by atoms with Crippen LogP contribution in [0.3, 0.4) is 0 Å². The average Bonchev–Trinajstić information content (AvgIpc) is 0.765. The fourth-order valence-corrected chi connectivity index (χ4v) is 21.7. The van der Waals surface area contributed by atoms with Gasteiger partial charge in [0.15, 0.2) is 49.8 Å². The molecule has 0 aliphatic carbocycles. The Morgan fingerprint density at radius 1 is 0.480 bits per heavy atom. The van der Waals surface area contributed by atoms with Gasteiger partial charge in [0.2, 0.25) is 11.8 Å². The largest absolute Gasteiger partial charge is 0.461 e. The molecular formula is C104H183N3O43. The van der Waals surface area contributed by atoms with E-state index in [1.165, 1.54) is 86.6 Å². The van der Waals surface area contributed by atoms with Crippen molar-refractivity contribution in [3.63, 3.8) is 0 Å². The zero-order valence-corrected chi connectivity index (χ0v) is 89.9. The summed E-state index contributed by atoms with van der Waals surface area (Å²) in [6.07, 6.45) is -59.6. The Kier molecular flexibility index (Phi) is 50.8. The Morgan fingerprint density at radius 3 is 1.62 bits per heavy atom. The van der Waals surface area contributed by atoms with Gasteiger partial charge in [-0.1, -0.05) is 105 Å². The highest BCUT2D eigenvalue weighted by molar-refractivity contribution is 5.74. The number of allylic oxidation sites excluding steroid dienone is 2. The third-order valence-corrected chi connectivity index (χ3v) is 32.2. The molecule has 9 heterocycles. The molecule has 0 aromatic rings. The number of amides is 2. The third-order valence-electron chi connectivity index (χ3n) is 32.2. The van der Waals surface area contributed by atoms with Gasteiger partial charge in [0.05, 0.1) is 153 Å². The molecule has 872 valence electrons. The van der Waals surface area contributed by atoms with Crippen molar-refractivity contribution in [2.24, 2.45) is 53.1 Å². The minimum Gasteiger partial charge on any atom is -0.461 e. The molecule has 0 radical (unpaired) electrons. The number of aliphatic hydroxyl groups excluding tert-OH is 23. The topological polar surface area (TPSA) is 734 Å². The highest BCUT2D eigenvalue weighted by Gasteiger charge is 2.60. The number of carbonyl (C=O) groups excluding carboxylic acids is 3. The smallest absolute Gasteiger partial charge is 0.312 e. The monoisotopic (exact) mass is 2160 g/mol. The van der Waals surface area contributed by atoms with Crippen molar-refractivity contribution in [3.05, 3.63) is 36.5 Å². The molecule has 9 aliphatic rings. The fraction of sp³-hybridized carbons (Fsp3) is 0.913. The van der Waals surface area contributed by atoms with Gasteiger partial charge in [0.1, 0.15) is 104 Å². The maximum Gasteiger partial charge on any atom is 0.312 e. The van der Waals surface area contributed by atoms with Crippen LogP contribution in [0.2, 0.25) is 0 Å². The number of hydrogen-bond acceptors (Lipinski definition) is 44. The number of aliphatic hydroxyl groups is 24. The molecule has 9 rings (SSSR count). The van der Waals surface area contributed by atoms with Gasteiger partial charge in [-0.15, -0.1) is 0 Å². The summed E-state index contributed by atoms with van der Waals surface area (Å²) in [6.45, 7) is 27.7. The number of ether oxygens (including phenoxy) is 16. The summed E-state index contributed by atoms with van der Waals surface area (Å²) < 4.78 is 103. The van der Waals surface area contributed by atoms with E-state index in [4.69, 9.17) is 81.5 Å². The predicted molar refractivity (Wildman–Crippen MR) is 530 cm³/mol. The van der Waals surface area contributed by atoms with Crippen molar-refractivity contribution < 1.29 is 213 Å². The van der Waals surface area contributed by atoms with E-state index in [1.54, 1.807) is 46.8 Å². The lowest BCUT2D eigenvalue weighted by atomic mass is 9.82. The average molecular weight is 2160 g/mol. The second-order valence-electron chi connectivity index (χ2n) is 44.8. The standard InChI is InChI=1S/C104H183N3O43/c1-19-65-70(117)30-24-28-61(111)35-63(113)33-31-46(3)76(144-102-95(149-99-89(128)87(126)84(123)55(12)139-99)94(147-79-40-67(107-60(17)110)83(122)54(11)137-79)92(57(14)141-102)148-101-91(130)93(85(124)56(13)140-101)146-78-39-66(106-59(16)109)82(121)53(10)136-78)42-104(134)97(132)72(119)41-75(150-104)51(8)74(143-100-90(129)88(127)86(125)77(44-108)145-100)38-64(114)36-71(118)50(7)68(115)29-23-21-25-45(2)73(142-98(65)133)37-62(112)27-22-20-26-47(4)81(120)48(5)32-34-69(116)49(6)52(9)135-80-43-103(18,105)96(131)58(15)138-80/h21,23-25,29-30,45-58,61-97,99-102,108,111-132,134H,19-20,22,26-28,31-44,105H2,1-18H3,(H,106,109)(H,107,110)/b25-21+,29-23+,30-24-/t45?,46?,47?,48?,49?,50?,51?,52?,53-,54-,55-,56-,57-,58+,61?,62?,63?,64?,65?,66-,67-,68?,69?,70?,71?,72?,73?,74?,75?,76?,77-,78+,79+,80-,81?,82-,83-,84-,85-,86-,87+,88+,89-,90-,91-,92-,93+,94+,95-,96-,97?,99+,100-,101+,102+,103+,104?/m1/s1. The molecule has 0 aromatic carbocycles. The van der Waals surface area contributed by atoms with Gasteiger partial charge in [-0.05, 0) is 137 Å². The molecule has 8 saturated heterocycles. The van der Waals surface area contributed by atoms with Crippen LogP contribution in [-0.4, -0.2) is 446 Å². The summed E-state index contributed by atoms with van der Waals surface area (Å²) in [6, 6.07) is -2.02. The number of unbranched alkanes of at least 4 members (excludes halogenated alkanes) is 1. The number of carbonyl (C=O) groups is 3. The van der Waals surface area contributed by atoms with Crippen molar-refractivity contribution in [2.45, 2.75) is 546 Å². The highest BCUT2D eigenvalue weighted by atomic mass is 16.8. The number of cyclic esters (lactones) is 1. The molecule has 0 aromatic heterocycles. The molecule has 9 aliphatic heterocycles. The van der Waals surface area contributed by atoms with Crippen LogP contribution in [0.1, 0.15) is 247 Å². The van der Waals surface area contributed by atoms with Gasteiger partial charge in [-0.3, -0.25) is 14.4 Å². The van der Waals surface area contributed by atoms with Crippen molar-refractivity contribution in [1.82, 2.24) is 10.6 Å². The van der Waals surface area contributed by atoms with Crippen molar-refractivity contribution in [2.75, 3.05) is 6.61 Å². The fourth-order valence-electron chi connectivity index (χ4n) is 21.7. The van der Waals surface area contributed by atoms with E-state index in [2.05, 4.69) is 10.6 Å². The van der Waals surface area contributed by atoms with Gasteiger partial charge >= 0.3 is 5.97 Å². The summed E-state index contributed by atoms with van der Waals surface area (Å²) in [5, 5.41) is 286. The molecule has 25 unspecified atom stereocenters. The number of esters is 1. The van der Waals surface area contributed by atoms with Crippen molar-refractivity contribution >= 4 is 17.8 Å². The van der Waals surface area contributed by atoms with Crippen LogP contribution in [0.25, 0.3) is 0 Å². The lowest BCUT2D eigenvalue weighted by Crippen LogP contribution is -2.68. The maximum absolute atomic E-state index is 14.5. The Hall–Kier alpha value is -3.97. The van der Waals surface area contributed by atoms with Crippen molar-refractivity contribution in [1.29, 1.82) is 0 Å². The van der Waals surface area contributed by atoms with E-state index in [1.807, 2.05) is 27.7 Å². The lowest BCUT2D eigenvalue weighted by molar-refractivity contribution is -0.407. The zero-order chi connectivity index (χ0) is 112. The molecule has 46 heteroatoms. The molecule has 2 bridgehead atoms. The van der Waals surface area contributed by atoms with Gasteiger partial charge in [0.25, 0.3) is 0 Å². The molecule has 28 N–H and O–H groups in total. The number of nitrogens with one attached hydrogen (secondary N) is 2. The van der Waals surface area contributed by atoms with Crippen LogP contribution in [0.15, 0.2) is 36.5 Å². The number of hydrogen-bond donors (Lipinski definition) is 27. The van der Waals surface area contributed by atoms with E-state index in [0.717, 1.165) is 0 Å². The van der Waals surface area contributed by atoms with Crippen molar-refractivity contribution in [3.8, 4) is 0 Å². The first-order chi connectivity index (χ1) is 70.3. The Bertz CT molecular complexity index is 4060. The molecule has 150 heavy (non-hydrogen) atoms. The van der Waals surface area contributed by atoms with Gasteiger partial charge < -0.3 is 215 Å². The number of fused-ring (bicyclic) bond motifs is 2. The molecule has 57 atom stereocenters. The molecule has 46 nitrogen and oxygen atoms in total. The lowest BCUT2D eigenvalue weighted by Gasteiger charge is -2.52. The summed E-state index contributed by atoms with van der Waals surface area (Å²) in [5.41, 5.74) is 5.43. The minimum absolute atomic E-state index is 0.0422. The highest BCUT2D eigenvalue weighted by Crippen LogP contribution is 2.45. The molecule has 2 amide bonds. The number of nitrogens with two attached hydrogens (primary N) is 1. The number of rotatable bonds is 32. The van der Waals surface area contributed by atoms with Gasteiger partial charge in [0, 0.05) is 88.0 Å². The van der Waals surface area contributed by atoms with Crippen LogP contribution in [0.5, 0.6) is 0 Å². The summed E-state index contributed by atoms with van der Waals surface area (Å²) in [4.78, 5) is 39.7. The second-order valence-corrected chi connectivity index (χ2v) is 44.8. The first kappa shape index (κ1) is 129. The van der Waals surface area contributed by atoms with Crippen LogP contribution in [-0.2, 0) is 90.2 Å². The Balaban J connectivity index is 1.02. The quantitative estimate of drug-likeness (QED) is 0.0192. The first-order valence-corrected chi connectivity index (χ1v) is 54.0. The maximum atomic E-state index is 14.5. The van der Waals surface area contributed by atoms with Crippen LogP contribution in [0.4, 0.5) is 0 Å². The summed E-state index contributed by atoms with van der Waals surface area (Å²) in [5.74, 6) is -10.8. The molecule has 0 saturated carbocycles. The predicted octanol–water partition coefficient (Wildman–Crippen LogP) is -2.26. The van der Waals surface area contributed by atoms with Crippen LogP contribution >= 0.6 is 0 Å². The minimum atomic E-state index is -3.03. The molecule has 8 fully saturated rings. The van der Waals surface area contributed by atoms with E-state index in [9.17, 15) is 137 Å². The van der Waals surface area contributed by atoms with E-state index < -0.39 is 379 Å². The summed E-state index contributed by atoms with van der Waals surface area (Å²) in [7, 11) is 0. The molecule has 0 spiro atoms.